The van der Waals surface area contributed by atoms with Crippen LogP contribution >= 0.6 is 34.8 Å². The molecule has 0 bridgehead atoms. The number of carbonyl (C=O) groups excluding carboxylic acids is 2. The molecule has 0 spiro atoms. The molecule has 2 aromatic carbocycles. The van der Waals surface area contributed by atoms with Gasteiger partial charge in [-0.2, -0.15) is 0 Å². The summed E-state index contributed by atoms with van der Waals surface area (Å²) >= 11 is 18.2. The fourth-order valence-electron chi connectivity index (χ4n) is 3.35. The number of halogens is 3. The number of hydrogen-bond donors (Lipinski definition) is 1. The van der Waals surface area contributed by atoms with Gasteiger partial charge >= 0.3 is 0 Å². The molecule has 1 unspecified atom stereocenters. The van der Waals surface area contributed by atoms with Gasteiger partial charge in [-0.1, -0.05) is 61.5 Å². The maximum absolute atomic E-state index is 13.3. The smallest absolute Gasteiger partial charge is 0.269 e. The normalized spacial score (nSPS) is 11.6. The van der Waals surface area contributed by atoms with Crippen molar-refractivity contribution >= 4 is 52.3 Å². The van der Waals surface area contributed by atoms with E-state index >= 15 is 0 Å². The van der Waals surface area contributed by atoms with E-state index in [1.165, 1.54) is 23.1 Å². The number of nitro benzene ring substituents is 1. The topological polar surface area (TPSA) is 92.5 Å². The number of benzene rings is 2. The highest BCUT2D eigenvalue weighted by atomic mass is 35.5. The second-order valence-electron chi connectivity index (χ2n) is 7.50. The predicted molar refractivity (Wildman–Crippen MR) is 131 cm³/mol. The van der Waals surface area contributed by atoms with Crippen molar-refractivity contribution in [2.24, 2.45) is 0 Å². The molecule has 0 aliphatic rings. The van der Waals surface area contributed by atoms with Crippen molar-refractivity contribution in [1.29, 1.82) is 0 Å². The van der Waals surface area contributed by atoms with Crippen molar-refractivity contribution in [2.45, 2.75) is 45.2 Å². The summed E-state index contributed by atoms with van der Waals surface area (Å²) in [6, 6.07) is 9.41. The van der Waals surface area contributed by atoms with E-state index in [2.05, 4.69) is 12.2 Å². The lowest BCUT2D eigenvalue weighted by molar-refractivity contribution is -0.384. The monoisotopic (exact) mass is 513 g/mol. The Hall–Kier alpha value is -2.35. The molecule has 1 N–H and O–H groups in total. The summed E-state index contributed by atoms with van der Waals surface area (Å²) in [5, 5.41) is 14.9. The molecule has 0 fully saturated rings. The lowest BCUT2D eigenvalue weighted by atomic mass is 10.0. The van der Waals surface area contributed by atoms with E-state index < -0.39 is 22.8 Å². The lowest BCUT2D eigenvalue weighted by Gasteiger charge is -2.31. The van der Waals surface area contributed by atoms with Crippen LogP contribution in [-0.2, 0) is 16.1 Å². The molecule has 2 aromatic rings. The molecule has 2 amide bonds. The highest BCUT2D eigenvalue weighted by Crippen LogP contribution is 2.33. The Bertz CT molecular complexity index is 970. The Balaban J connectivity index is 2.46. The average molecular weight is 515 g/mol. The fraction of sp³-hybridized carbons (Fsp3) is 0.391. The van der Waals surface area contributed by atoms with Gasteiger partial charge < -0.3 is 10.2 Å². The molecule has 1 atom stereocenters. The van der Waals surface area contributed by atoms with Gasteiger partial charge in [0.25, 0.3) is 5.69 Å². The lowest BCUT2D eigenvalue weighted by Crippen LogP contribution is -2.44. The van der Waals surface area contributed by atoms with Gasteiger partial charge in [-0.05, 0) is 30.2 Å². The van der Waals surface area contributed by atoms with Crippen LogP contribution in [0.25, 0.3) is 0 Å². The van der Waals surface area contributed by atoms with Crippen molar-refractivity contribution in [2.75, 3.05) is 12.4 Å². The molecule has 0 heterocycles. The number of carbonyl (C=O) groups is 2. The Morgan fingerprint density at radius 1 is 1.09 bits per heavy atom. The molecule has 0 aliphatic heterocycles. The van der Waals surface area contributed by atoms with Crippen LogP contribution in [0.2, 0.25) is 10.0 Å². The van der Waals surface area contributed by atoms with Crippen LogP contribution in [0.4, 0.5) is 5.69 Å². The number of hydrogen-bond acceptors (Lipinski definition) is 4. The number of rotatable bonds is 12. The maximum Gasteiger partial charge on any atom is 0.269 e. The van der Waals surface area contributed by atoms with E-state index in [9.17, 15) is 19.7 Å². The van der Waals surface area contributed by atoms with Crippen LogP contribution in [-0.4, -0.2) is 34.1 Å². The van der Waals surface area contributed by atoms with Crippen molar-refractivity contribution in [3.8, 4) is 0 Å². The van der Waals surface area contributed by atoms with Crippen LogP contribution < -0.4 is 5.32 Å². The minimum Gasteiger partial charge on any atom is -0.354 e. The molecular formula is C23H26Cl3N3O4. The number of nitro groups is 1. The Morgan fingerprint density at radius 2 is 1.79 bits per heavy atom. The third-order valence-corrected chi connectivity index (χ3v) is 5.90. The summed E-state index contributed by atoms with van der Waals surface area (Å²) in [5.41, 5.74) is 0.629. The van der Waals surface area contributed by atoms with Gasteiger partial charge in [-0.25, -0.2) is 0 Å². The fourth-order valence-corrected chi connectivity index (χ4v) is 3.85. The average Bonchev–Trinajstić information content (AvgIpc) is 2.80. The van der Waals surface area contributed by atoms with Gasteiger partial charge in [0.1, 0.15) is 11.9 Å². The number of unbranched alkanes of at least 4 members (excludes halogenated alkanes) is 3. The summed E-state index contributed by atoms with van der Waals surface area (Å²) in [4.78, 5) is 38.2. The van der Waals surface area contributed by atoms with Gasteiger partial charge in [-0.15, -0.1) is 11.6 Å². The van der Waals surface area contributed by atoms with Crippen molar-refractivity contribution in [3.63, 3.8) is 0 Å². The second kappa shape index (κ2) is 13.4. The molecule has 0 saturated carbocycles. The Kier molecular flexibility index (Phi) is 10.9. The first kappa shape index (κ1) is 26.9. The number of nitrogens with one attached hydrogen (secondary N) is 1. The molecule has 10 heteroatoms. The Labute approximate surface area is 208 Å². The van der Waals surface area contributed by atoms with E-state index in [1.807, 2.05) is 0 Å². The third-order valence-electron chi connectivity index (χ3n) is 5.08. The zero-order chi connectivity index (χ0) is 24.4. The van der Waals surface area contributed by atoms with E-state index in [4.69, 9.17) is 34.8 Å². The summed E-state index contributed by atoms with van der Waals surface area (Å²) in [6.45, 7) is 2.53. The molecule has 33 heavy (non-hydrogen) atoms. The molecule has 0 aliphatic carbocycles. The SMILES string of the molecule is CCCCCCNC(=O)C(c1cc([N+](=O)[O-])ccc1Cl)N(Cc1ccc(Cl)cc1)C(=O)CCl. The number of amides is 2. The largest absolute Gasteiger partial charge is 0.354 e. The van der Waals surface area contributed by atoms with E-state index in [1.54, 1.807) is 24.3 Å². The molecule has 0 aromatic heterocycles. The molecule has 0 saturated heterocycles. The van der Waals surface area contributed by atoms with Gasteiger partial charge in [0.15, 0.2) is 0 Å². The van der Waals surface area contributed by atoms with Gasteiger partial charge in [0.2, 0.25) is 11.8 Å². The first-order valence-corrected chi connectivity index (χ1v) is 11.9. The quantitative estimate of drug-likeness (QED) is 0.165. The Morgan fingerprint density at radius 3 is 2.39 bits per heavy atom. The van der Waals surface area contributed by atoms with Crippen LogP contribution in [0.15, 0.2) is 42.5 Å². The highest BCUT2D eigenvalue weighted by molar-refractivity contribution is 6.32. The molecule has 178 valence electrons. The highest BCUT2D eigenvalue weighted by Gasteiger charge is 2.33. The van der Waals surface area contributed by atoms with Gasteiger partial charge in [-0.3, -0.25) is 19.7 Å². The second-order valence-corrected chi connectivity index (χ2v) is 8.61. The summed E-state index contributed by atoms with van der Waals surface area (Å²) < 4.78 is 0. The van der Waals surface area contributed by atoms with Crippen LogP contribution in [0.5, 0.6) is 0 Å². The van der Waals surface area contributed by atoms with Gasteiger partial charge in [0.05, 0.1) is 4.92 Å². The van der Waals surface area contributed by atoms with E-state index in [-0.39, 0.29) is 28.7 Å². The first-order valence-electron chi connectivity index (χ1n) is 10.6. The summed E-state index contributed by atoms with van der Waals surface area (Å²) in [7, 11) is 0. The van der Waals surface area contributed by atoms with Crippen LogP contribution in [0.1, 0.15) is 49.8 Å². The van der Waals surface area contributed by atoms with Crippen molar-refractivity contribution < 1.29 is 14.5 Å². The number of alkyl halides is 1. The zero-order valence-electron chi connectivity index (χ0n) is 18.2. The minimum absolute atomic E-state index is 0.0374. The molecule has 2 rings (SSSR count). The maximum atomic E-state index is 13.3. The van der Waals surface area contributed by atoms with E-state index in [0.29, 0.717) is 17.1 Å². The molecule has 7 nitrogen and oxygen atoms in total. The zero-order valence-corrected chi connectivity index (χ0v) is 20.5. The van der Waals surface area contributed by atoms with Gasteiger partial charge in [0, 0.05) is 40.8 Å². The van der Waals surface area contributed by atoms with Crippen molar-refractivity contribution in [1.82, 2.24) is 10.2 Å². The third kappa shape index (κ3) is 7.88. The number of non-ortho nitro benzene ring substituents is 1. The van der Waals surface area contributed by atoms with Crippen LogP contribution in [0.3, 0.4) is 0 Å². The molecular weight excluding hydrogens is 489 g/mol. The standard InChI is InChI=1S/C23H26Cl3N3O4/c1-2-3-4-5-12-27-23(31)22(19-13-18(29(32)33)10-11-20(19)26)28(21(30)14-24)15-16-6-8-17(25)9-7-16/h6-11,13,22H,2-5,12,14-15H2,1H3,(H,27,31). The predicted octanol–water partition coefficient (Wildman–Crippen LogP) is 5.91. The summed E-state index contributed by atoms with van der Waals surface area (Å²) in [6.07, 6.45) is 3.83. The van der Waals surface area contributed by atoms with Crippen LogP contribution in [0, 0.1) is 10.1 Å². The molecule has 0 radical (unpaired) electrons. The van der Waals surface area contributed by atoms with E-state index in [0.717, 1.165) is 25.7 Å². The first-order chi connectivity index (χ1) is 15.8. The van der Waals surface area contributed by atoms with Crippen molar-refractivity contribution in [3.05, 3.63) is 73.8 Å². The number of nitrogens with zero attached hydrogens (tertiary/aromatic N) is 2. The summed E-state index contributed by atoms with van der Waals surface area (Å²) in [5.74, 6) is -1.37. The minimum atomic E-state index is -1.20.